The normalized spacial score (nSPS) is 28.6. The Bertz CT molecular complexity index is 299. The van der Waals surface area contributed by atoms with Crippen LogP contribution in [0.25, 0.3) is 0 Å². The van der Waals surface area contributed by atoms with Gasteiger partial charge in [0.25, 0.3) is 0 Å². The largest absolute Gasteiger partial charge is 0.480 e. The van der Waals surface area contributed by atoms with Gasteiger partial charge in [-0.3, -0.25) is 4.79 Å². The Labute approximate surface area is 88.2 Å². The first-order valence-corrected chi connectivity index (χ1v) is 5.37. The van der Waals surface area contributed by atoms with E-state index in [0.29, 0.717) is 25.8 Å². The van der Waals surface area contributed by atoms with Crippen molar-refractivity contribution in [3.63, 3.8) is 0 Å². The Morgan fingerprint density at radius 2 is 2.00 bits per heavy atom. The molecule has 2 aliphatic rings. The average Bonchev–Trinajstić information content (AvgIpc) is 2.96. The molecule has 0 spiro atoms. The molecule has 1 unspecified atom stereocenters. The monoisotopic (exact) mass is 212 g/mol. The van der Waals surface area contributed by atoms with Crippen molar-refractivity contribution in [2.45, 2.75) is 43.7 Å². The number of rotatable bonds is 2. The van der Waals surface area contributed by atoms with Crippen LogP contribution in [0.15, 0.2) is 0 Å². The number of aliphatic carboxylic acids is 1. The van der Waals surface area contributed by atoms with Crippen LogP contribution in [0.5, 0.6) is 0 Å². The van der Waals surface area contributed by atoms with E-state index in [4.69, 9.17) is 10.8 Å². The fraction of sp³-hybridized carbons (Fsp3) is 0.800. The van der Waals surface area contributed by atoms with Gasteiger partial charge >= 0.3 is 5.97 Å². The van der Waals surface area contributed by atoms with Gasteiger partial charge in [-0.1, -0.05) is 0 Å². The highest BCUT2D eigenvalue weighted by atomic mass is 16.4. The number of carboxylic acid groups (broad SMARTS) is 1. The highest BCUT2D eigenvalue weighted by Gasteiger charge is 2.50. The molecule has 84 valence electrons. The van der Waals surface area contributed by atoms with Crippen molar-refractivity contribution in [3.8, 4) is 0 Å². The van der Waals surface area contributed by atoms with Crippen LogP contribution in [0.2, 0.25) is 0 Å². The van der Waals surface area contributed by atoms with E-state index in [1.54, 1.807) is 0 Å². The van der Waals surface area contributed by atoms with Crippen molar-refractivity contribution in [1.29, 1.82) is 0 Å². The lowest BCUT2D eigenvalue weighted by atomic mass is 10.0. The zero-order valence-electron chi connectivity index (χ0n) is 8.61. The summed E-state index contributed by atoms with van der Waals surface area (Å²) in [6.45, 7) is 0.536. The molecule has 0 aromatic carbocycles. The summed E-state index contributed by atoms with van der Waals surface area (Å²) in [4.78, 5) is 24.4. The fourth-order valence-electron chi connectivity index (χ4n) is 2.07. The Morgan fingerprint density at radius 3 is 2.53 bits per heavy atom. The van der Waals surface area contributed by atoms with Gasteiger partial charge in [0.05, 0.1) is 5.54 Å². The van der Waals surface area contributed by atoms with E-state index in [1.807, 2.05) is 0 Å². The predicted molar refractivity (Wildman–Crippen MR) is 53.1 cm³/mol. The number of likely N-dealkylation sites (tertiary alicyclic amines) is 1. The number of piperidine rings is 1. The predicted octanol–water partition coefficient (Wildman–Crippen LogP) is -0.0566. The Hall–Kier alpha value is -1.10. The van der Waals surface area contributed by atoms with Gasteiger partial charge in [0.15, 0.2) is 0 Å². The van der Waals surface area contributed by atoms with Gasteiger partial charge in [-0.05, 0) is 32.1 Å². The second kappa shape index (κ2) is 3.48. The van der Waals surface area contributed by atoms with E-state index < -0.39 is 17.6 Å². The zero-order valence-corrected chi connectivity index (χ0v) is 8.61. The molecule has 3 N–H and O–H groups in total. The van der Waals surface area contributed by atoms with E-state index in [9.17, 15) is 9.59 Å². The molecule has 5 heteroatoms. The van der Waals surface area contributed by atoms with Crippen LogP contribution in [-0.2, 0) is 9.59 Å². The number of carbonyl (C=O) groups is 2. The Kier molecular flexibility index (Phi) is 2.42. The fourth-order valence-corrected chi connectivity index (χ4v) is 2.07. The van der Waals surface area contributed by atoms with Gasteiger partial charge in [-0.25, -0.2) is 4.79 Å². The van der Waals surface area contributed by atoms with E-state index >= 15 is 0 Å². The highest BCUT2D eigenvalue weighted by Crippen LogP contribution is 2.35. The molecule has 0 bridgehead atoms. The minimum atomic E-state index is -0.910. The third kappa shape index (κ3) is 1.84. The minimum Gasteiger partial charge on any atom is -0.480 e. The van der Waals surface area contributed by atoms with Gasteiger partial charge in [-0.15, -0.1) is 0 Å². The van der Waals surface area contributed by atoms with Crippen molar-refractivity contribution in [2.75, 3.05) is 6.54 Å². The van der Waals surface area contributed by atoms with Crippen molar-refractivity contribution in [3.05, 3.63) is 0 Å². The highest BCUT2D eigenvalue weighted by molar-refractivity contribution is 5.92. The summed E-state index contributed by atoms with van der Waals surface area (Å²) in [5.41, 5.74) is 5.05. The molecule has 1 amide bonds. The second-order valence-electron chi connectivity index (χ2n) is 4.50. The summed E-state index contributed by atoms with van der Waals surface area (Å²) in [7, 11) is 0. The van der Waals surface area contributed by atoms with Crippen molar-refractivity contribution in [2.24, 2.45) is 5.73 Å². The lowest BCUT2D eigenvalue weighted by molar-refractivity contribution is -0.153. The van der Waals surface area contributed by atoms with Crippen molar-refractivity contribution in [1.82, 2.24) is 4.90 Å². The van der Waals surface area contributed by atoms with Gasteiger partial charge < -0.3 is 15.7 Å². The van der Waals surface area contributed by atoms with Crippen LogP contribution in [0.1, 0.15) is 32.1 Å². The summed E-state index contributed by atoms with van der Waals surface area (Å²) >= 11 is 0. The molecule has 2 rings (SSSR count). The van der Waals surface area contributed by atoms with Crippen LogP contribution in [0.3, 0.4) is 0 Å². The average molecular weight is 212 g/mol. The topological polar surface area (TPSA) is 83.6 Å². The van der Waals surface area contributed by atoms with E-state index in [1.165, 1.54) is 4.90 Å². The molecule has 5 nitrogen and oxygen atoms in total. The van der Waals surface area contributed by atoms with Gasteiger partial charge in [0, 0.05) is 6.54 Å². The standard InChI is InChI=1S/C10H16N2O3/c11-10(4-5-10)9(15)12-6-2-1-3-7(12)8(13)14/h7H,1-6,11H2,(H,13,14). The summed E-state index contributed by atoms with van der Waals surface area (Å²) in [5.74, 6) is -1.08. The van der Waals surface area contributed by atoms with Crippen LogP contribution in [0.4, 0.5) is 0 Å². The number of hydrogen-bond donors (Lipinski definition) is 2. The minimum absolute atomic E-state index is 0.172. The summed E-state index contributed by atoms with van der Waals surface area (Å²) in [5, 5.41) is 9.01. The maximum Gasteiger partial charge on any atom is 0.326 e. The molecule has 1 aliphatic heterocycles. The summed E-state index contributed by atoms with van der Waals surface area (Å²) in [6, 6.07) is -0.660. The second-order valence-corrected chi connectivity index (χ2v) is 4.50. The third-order valence-corrected chi connectivity index (χ3v) is 3.26. The van der Waals surface area contributed by atoms with Gasteiger partial charge in [0.1, 0.15) is 6.04 Å². The Morgan fingerprint density at radius 1 is 1.33 bits per heavy atom. The molecule has 2 fully saturated rings. The first kappa shape index (κ1) is 10.4. The van der Waals surface area contributed by atoms with E-state index in [0.717, 1.165) is 12.8 Å². The maximum absolute atomic E-state index is 11.9. The van der Waals surface area contributed by atoms with E-state index in [-0.39, 0.29) is 5.91 Å². The van der Waals surface area contributed by atoms with Gasteiger partial charge in [0.2, 0.25) is 5.91 Å². The van der Waals surface area contributed by atoms with Crippen LogP contribution in [0, 0.1) is 0 Å². The van der Waals surface area contributed by atoms with Crippen molar-refractivity contribution >= 4 is 11.9 Å². The molecule has 15 heavy (non-hydrogen) atoms. The Balaban J connectivity index is 2.10. The number of carboxylic acids is 1. The van der Waals surface area contributed by atoms with Crippen LogP contribution >= 0.6 is 0 Å². The summed E-state index contributed by atoms with van der Waals surface area (Å²) in [6.07, 6.45) is 3.68. The first-order chi connectivity index (χ1) is 7.04. The lowest BCUT2D eigenvalue weighted by Crippen LogP contribution is -2.54. The molecule has 1 saturated carbocycles. The van der Waals surface area contributed by atoms with Crippen LogP contribution in [-0.4, -0.2) is 40.0 Å². The SMILES string of the molecule is NC1(C(=O)N2CCCCC2C(=O)O)CC1. The number of amides is 1. The molecule has 1 atom stereocenters. The first-order valence-electron chi connectivity index (χ1n) is 5.37. The molecule has 1 aliphatic carbocycles. The third-order valence-electron chi connectivity index (χ3n) is 3.26. The lowest BCUT2D eigenvalue weighted by Gasteiger charge is -2.34. The zero-order chi connectivity index (χ0) is 11.1. The molecule has 1 heterocycles. The molecule has 1 saturated heterocycles. The number of carbonyl (C=O) groups excluding carboxylic acids is 1. The molecule has 0 aromatic rings. The molecular formula is C10H16N2O3. The maximum atomic E-state index is 11.9. The van der Waals surface area contributed by atoms with Crippen LogP contribution < -0.4 is 5.73 Å². The van der Waals surface area contributed by atoms with Crippen molar-refractivity contribution < 1.29 is 14.7 Å². The molecular weight excluding hydrogens is 196 g/mol. The molecule has 0 aromatic heterocycles. The molecule has 0 radical (unpaired) electrons. The number of nitrogens with zero attached hydrogens (tertiary/aromatic N) is 1. The van der Waals surface area contributed by atoms with E-state index in [2.05, 4.69) is 0 Å². The quantitative estimate of drug-likeness (QED) is 0.672. The van der Waals surface area contributed by atoms with Gasteiger partial charge in [-0.2, -0.15) is 0 Å². The summed E-state index contributed by atoms with van der Waals surface area (Å²) < 4.78 is 0. The number of hydrogen-bond acceptors (Lipinski definition) is 3. The number of nitrogens with two attached hydrogens (primary N) is 1. The smallest absolute Gasteiger partial charge is 0.326 e.